The van der Waals surface area contributed by atoms with E-state index in [0.29, 0.717) is 5.82 Å². The Morgan fingerprint density at radius 3 is 2.56 bits per heavy atom. The highest BCUT2D eigenvalue weighted by molar-refractivity contribution is 5.74. The van der Waals surface area contributed by atoms with E-state index < -0.39 is 4.92 Å². The van der Waals surface area contributed by atoms with E-state index in [1.165, 1.54) is 12.3 Å². The summed E-state index contributed by atoms with van der Waals surface area (Å²) in [4.78, 5) is 14.5. The molecule has 0 aliphatic heterocycles. The van der Waals surface area contributed by atoms with Gasteiger partial charge in [0.2, 0.25) is 0 Å². The van der Waals surface area contributed by atoms with Crippen molar-refractivity contribution in [1.82, 2.24) is 20.0 Å². The van der Waals surface area contributed by atoms with E-state index in [0.717, 1.165) is 22.2 Å². The van der Waals surface area contributed by atoms with E-state index in [1.807, 2.05) is 55.5 Å². The van der Waals surface area contributed by atoms with Gasteiger partial charge in [-0.2, -0.15) is 0 Å². The third-order valence-corrected chi connectivity index (χ3v) is 4.26. The number of anilines is 1. The molecule has 2 aromatic heterocycles. The van der Waals surface area contributed by atoms with Crippen LogP contribution >= 0.6 is 0 Å². The summed E-state index contributed by atoms with van der Waals surface area (Å²) in [5.74, 6) is 0.505. The second-order valence-electron chi connectivity index (χ2n) is 6.14. The number of fused-ring (bicyclic) bond motifs is 1. The zero-order chi connectivity index (χ0) is 18.8. The van der Waals surface area contributed by atoms with Crippen molar-refractivity contribution in [1.29, 1.82) is 0 Å². The van der Waals surface area contributed by atoms with Crippen LogP contribution in [0.4, 0.5) is 11.5 Å². The van der Waals surface area contributed by atoms with E-state index >= 15 is 0 Å². The van der Waals surface area contributed by atoms with Crippen molar-refractivity contribution in [3.05, 3.63) is 88.1 Å². The fraction of sp³-hybridized carbons (Fsp3) is 0.105. The molecular formula is C19H16N6O2. The highest BCUT2D eigenvalue weighted by atomic mass is 16.6. The van der Waals surface area contributed by atoms with Gasteiger partial charge in [0.25, 0.3) is 5.69 Å². The van der Waals surface area contributed by atoms with Crippen molar-refractivity contribution < 1.29 is 4.92 Å². The lowest BCUT2D eigenvalue weighted by Gasteiger charge is -2.20. The Kier molecular flexibility index (Phi) is 4.21. The minimum atomic E-state index is -0.473. The number of nitro groups is 1. The predicted octanol–water partition coefficient (Wildman–Crippen LogP) is 3.70. The van der Waals surface area contributed by atoms with Crippen LogP contribution in [0.25, 0.3) is 11.0 Å². The van der Waals surface area contributed by atoms with E-state index in [9.17, 15) is 10.1 Å². The second kappa shape index (κ2) is 6.83. The summed E-state index contributed by atoms with van der Waals surface area (Å²) in [5, 5.41) is 22.7. The predicted molar refractivity (Wildman–Crippen MR) is 101 cm³/mol. The van der Waals surface area contributed by atoms with Gasteiger partial charge in [0, 0.05) is 6.07 Å². The van der Waals surface area contributed by atoms with Gasteiger partial charge < -0.3 is 5.32 Å². The first-order valence-corrected chi connectivity index (χ1v) is 8.35. The summed E-state index contributed by atoms with van der Waals surface area (Å²) >= 11 is 0. The number of pyridine rings is 1. The minimum Gasteiger partial charge on any atom is -0.345 e. The van der Waals surface area contributed by atoms with Crippen molar-refractivity contribution in [3.63, 3.8) is 0 Å². The van der Waals surface area contributed by atoms with Crippen LogP contribution in [0.1, 0.15) is 17.3 Å². The largest absolute Gasteiger partial charge is 0.345 e. The summed E-state index contributed by atoms with van der Waals surface area (Å²) in [6.07, 6.45) is 0.862. The molecule has 0 saturated carbocycles. The quantitative estimate of drug-likeness (QED) is 0.430. The Balaban J connectivity index is 1.76. The van der Waals surface area contributed by atoms with Crippen molar-refractivity contribution in [2.24, 2.45) is 0 Å². The fourth-order valence-corrected chi connectivity index (χ4v) is 2.83. The zero-order valence-corrected chi connectivity index (χ0v) is 14.5. The maximum Gasteiger partial charge on any atom is 0.287 e. The summed E-state index contributed by atoms with van der Waals surface area (Å²) < 4.78 is 1.78. The summed E-state index contributed by atoms with van der Waals surface area (Å²) in [7, 11) is 0. The second-order valence-corrected chi connectivity index (χ2v) is 6.14. The van der Waals surface area contributed by atoms with E-state index in [2.05, 4.69) is 20.6 Å². The normalized spacial score (nSPS) is 12.0. The van der Waals surface area contributed by atoms with Crippen LogP contribution in [0.5, 0.6) is 0 Å². The third kappa shape index (κ3) is 3.32. The first kappa shape index (κ1) is 16.6. The van der Waals surface area contributed by atoms with Crippen LogP contribution in [0.2, 0.25) is 0 Å². The number of nitrogens with one attached hydrogen (secondary N) is 1. The molecule has 0 aliphatic rings. The molecule has 1 N–H and O–H groups in total. The Bertz CT molecular complexity index is 1090. The zero-order valence-electron chi connectivity index (χ0n) is 14.5. The molecule has 134 valence electrons. The molecule has 27 heavy (non-hydrogen) atoms. The Labute approximate surface area is 154 Å². The summed E-state index contributed by atoms with van der Waals surface area (Å²) in [6.45, 7) is 2.02. The first-order chi connectivity index (χ1) is 13.1. The molecule has 4 aromatic rings. The van der Waals surface area contributed by atoms with Crippen LogP contribution in [-0.2, 0) is 0 Å². The molecule has 0 fully saturated rings. The number of rotatable bonds is 5. The number of benzene rings is 2. The summed E-state index contributed by atoms with van der Waals surface area (Å²) in [6, 6.07) is 18.7. The molecule has 4 rings (SSSR count). The van der Waals surface area contributed by atoms with Gasteiger partial charge in [0.1, 0.15) is 23.7 Å². The third-order valence-electron chi connectivity index (χ3n) is 4.26. The van der Waals surface area contributed by atoms with Crippen LogP contribution in [0.15, 0.2) is 66.9 Å². The van der Waals surface area contributed by atoms with Gasteiger partial charge in [0.15, 0.2) is 0 Å². The molecule has 8 heteroatoms. The average molecular weight is 360 g/mol. The molecule has 1 unspecified atom stereocenters. The average Bonchev–Trinajstić information content (AvgIpc) is 3.11. The molecule has 0 saturated heterocycles. The Hall–Kier alpha value is -3.81. The van der Waals surface area contributed by atoms with Gasteiger partial charge in [0.05, 0.1) is 10.4 Å². The molecule has 0 bridgehead atoms. The van der Waals surface area contributed by atoms with E-state index in [-0.39, 0.29) is 11.9 Å². The van der Waals surface area contributed by atoms with Crippen LogP contribution in [0.3, 0.4) is 0 Å². The maximum atomic E-state index is 10.8. The standard InChI is InChI=1S/C19H16N6O2/c1-13-6-8-14(9-7-13)19(21-18-11-10-15(12-20-18)25(26)27)24-17-5-3-2-4-16(17)22-23-24/h2-12,19H,1H3,(H,20,21). The molecule has 0 spiro atoms. The lowest BCUT2D eigenvalue weighted by atomic mass is 10.1. The smallest absolute Gasteiger partial charge is 0.287 e. The van der Waals surface area contributed by atoms with Crippen molar-refractivity contribution in [2.45, 2.75) is 13.1 Å². The molecular weight excluding hydrogens is 344 g/mol. The SMILES string of the molecule is Cc1ccc(C(Nc2ccc([N+](=O)[O-])cn2)n2nnc3ccccc32)cc1. The van der Waals surface area contributed by atoms with Gasteiger partial charge in [-0.25, -0.2) is 9.67 Å². The highest BCUT2D eigenvalue weighted by Crippen LogP contribution is 2.24. The van der Waals surface area contributed by atoms with Gasteiger partial charge >= 0.3 is 0 Å². The van der Waals surface area contributed by atoms with Crippen molar-refractivity contribution in [2.75, 3.05) is 5.32 Å². The molecule has 0 amide bonds. The summed E-state index contributed by atoms with van der Waals surface area (Å²) in [5.41, 5.74) is 3.72. The number of hydrogen-bond donors (Lipinski definition) is 1. The molecule has 2 aromatic carbocycles. The topological polar surface area (TPSA) is 98.8 Å². The van der Waals surface area contributed by atoms with Crippen molar-refractivity contribution >= 4 is 22.5 Å². The van der Waals surface area contributed by atoms with Crippen molar-refractivity contribution in [3.8, 4) is 0 Å². The van der Waals surface area contributed by atoms with E-state index in [1.54, 1.807) is 10.7 Å². The molecule has 2 heterocycles. The highest BCUT2D eigenvalue weighted by Gasteiger charge is 2.19. The van der Waals surface area contributed by atoms with Gasteiger partial charge in [-0.1, -0.05) is 47.2 Å². The first-order valence-electron chi connectivity index (χ1n) is 8.35. The van der Waals surface area contributed by atoms with Crippen LogP contribution in [0, 0.1) is 17.0 Å². The van der Waals surface area contributed by atoms with Gasteiger partial charge in [-0.05, 0) is 30.7 Å². The molecule has 1 atom stereocenters. The molecule has 0 radical (unpaired) electrons. The minimum absolute atomic E-state index is 0.0568. The number of aromatic nitrogens is 4. The number of nitrogens with zero attached hydrogens (tertiary/aromatic N) is 5. The lowest BCUT2D eigenvalue weighted by molar-refractivity contribution is -0.385. The Morgan fingerprint density at radius 2 is 1.85 bits per heavy atom. The van der Waals surface area contributed by atoms with E-state index in [4.69, 9.17) is 0 Å². The van der Waals surface area contributed by atoms with Gasteiger partial charge in [-0.3, -0.25) is 10.1 Å². The Morgan fingerprint density at radius 1 is 1.07 bits per heavy atom. The van der Waals surface area contributed by atoms with Crippen LogP contribution < -0.4 is 5.32 Å². The fourth-order valence-electron chi connectivity index (χ4n) is 2.83. The number of hydrogen-bond acceptors (Lipinski definition) is 6. The van der Waals surface area contributed by atoms with Crippen LogP contribution in [-0.4, -0.2) is 24.9 Å². The molecule has 8 nitrogen and oxygen atoms in total. The molecule has 0 aliphatic carbocycles. The van der Waals surface area contributed by atoms with Gasteiger partial charge in [-0.15, -0.1) is 5.10 Å². The lowest BCUT2D eigenvalue weighted by Crippen LogP contribution is -2.21. The number of para-hydroxylation sites is 1. The number of aryl methyl sites for hydroxylation is 1. The maximum absolute atomic E-state index is 10.8. The monoisotopic (exact) mass is 360 g/mol.